The highest BCUT2D eigenvalue weighted by atomic mass is 19.4. The molecule has 168 valence electrons. The molecule has 3 aromatic rings. The summed E-state index contributed by atoms with van der Waals surface area (Å²) >= 11 is 0. The van der Waals surface area contributed by atoms with Crippen LogP contribution in [0.5, 0.6) is 5.75 Å². The highest BCUT2D eigenvalue weighted by molar-refractivity contribution is 5.85. The number of nitrogens with zero attached hydrogens (tertiary/aromatic N) is 3. The molecular weight excluding hydrogens is 425 g/mol. The Morgan fingerprint density at radius 2 is 1.94 bits per heavy atom. The largest absolute Gasteiger partial charge is 0.493 e. The number of nitrogens with one attached hydrogen (secondary N) is 1. The van der Waals surface area contributed by atoms with Gasteiger partial charge in [0.15, 0.2) is 11.4 Å². The van der Waals surface area contributed by atoms with Gasteiger partial charge in [0.25, 0.3) is 0 Å². The van der Waals surface area contributed by atoms with Gasteiger partial charge in [-0.1, -0.05) is 0 Å². The van der Waals surface area contributed by atoms with Crippen molar-refractivity contribution in [1.29, 1.82) is 0 Å². The predicted molar refractivity (Wildman–Crippen MR) is 108 cm³/mol. The van der Waals surface area contributed by atoms with Crippen LogP contribution >= 0.6 is 0 Å². The molecule has 1 fully saturated rings. The summed E-state index contributed by atoms with van der Waals surface area (Å²) in [5.41, 5.74) is 0.411. The molecule has 0 amide bonds. The molecule has 1 aliphatic rings. The van der Waals surface area contributed by atoms with Crippen LogP contribution in [0, 0.1) is 5.92 Å². The van der Waals surface area contributed by atoms with E-state index >= 15 is 0 Å². The topological polar surface area (TPSA) is 101 Å². The monoisotopic (exact) mass is 446 g/mol. The van der Waals surface area contributed by atoms with Crippen molar-refractivity contribution in [3.63, 3.8) is 0 Å². The zero-order chi connectivity index (χ0) is 22.7. The van der Waals surface area contributed by atoms with Crippen molar-refractivity contribution in [2.24, 2.45) is 5.92 Å². The van der Waals surface area contributed by atoms with E-state index in [4.69, 9.17) is 9.84 Å². The Kier molecular flexibility index (Phi) is 6.11. The van der Waals surface area contributed by atoms with Crippen molar-refractivity contribution in [2.75, 3.05) is 6.61 Å². The molecular formula is C22H21F3N4O3. The number of pyridine rings is 2. The Hall–Kier alpha value is -3.43. The molecule has 0 aromatic carbocycles. The summed E-state index contributed by atoms with van der Waals surface area (Å²) in [5, 5.41) is 9.00. The molecule has 0 atom stereocenters. The van der Waals surface area contributed by atoms with Gasteiger partial charge < -0.3 is 14.8 Å². The molecule has 3 heterocycles. The second kappa shape index (κ2) is 8.97. The van der Waals surface area contributed by atoms with Crippen LogP contribution in [0.2, 0.25) is 0 Å². The highest BCUT2D eigenvalue weighted by Crippen LogP contribution is 2.36. The van der Waals surface area contributed by atoms with Gasteiger partial charge in [-0.05, 0) is 49.8 Å². The number of ether oxygens (including phenoxy) is 1. The van der Waals surface area contributed by atoms with Crippen LogP contribution in [0.4, 0.5) is 13.2 Å². The number of halogens is 3. The molecule has 10 heteroatoms. The average molecular weight is 446 g/mol. The lowest BCUT2D eigenvalue weighted by molar-refractivity contribution is -0.140. The number of alkyl halides is 3. The van der Waals surface area contributed by atoms with Gasteiger partial charge >= 0.3 is 12.1 Å². The summed E-state index contributed by atoms with van der Waals surface area (Å²) in [7, 11) is 0. The van der Waals surface area contributed by atoms with Crippen LogP contribution < -0.4 is 4.74 Å². The van der Waals surface area contributed by atoms with Gasteiger partial charge in [-0.2, -0.15) is 13.2 Å². The van der Waals surface area contributed by atoms with E-state index in [-0.39, 0.29) is 17.4 Å². The second-order valence-electron chi connectivity index (χ2n) is 7.81. The smallest absolute Gasteiger partial charge is 0.434 e. The molecule has 1 saturated carbocycles. The minimum atomic E-state index is -4.49. The third-order valence-electron chi connectivity index (χ3n) is 5.63. The lowest BCUT2D eigenvalue weighted by Crippen LogP contribution is -2.20. The maximum atomic E-state index is 12.7. The number of carboxylic acids is 1. The van der Waals surface area contributed by atoms with Crippen LogP contribution in [0.15, 0.2) is 42.9 Å². The standard InChI is InChI=1S/C22H21F3N4O3/c23-22(24,25)19-11-28-20(29-19)15-5-6-17(27-10-15)14-3-1-13(2-4-14)12-32-16-7-8-26-18(9-16)21(30)31/h5-11,13-14H,1-4,12H2,(H,28,29)(H,30,31)/t13-,14-. The highest BCUT2D eigenvalue weighted by Gasteiger charge is 2.33. The third kappa shape index (κ3) is 5.06. The summed E-state index contributed by atoms with van der Waals surface area (Å²) < 4.78 is 43.9. The van der Waals surface area contributed by atoms with E-state index in [1.807, 2.05) is 6.07 Å². The number of aromatic amines is 1. The second-order valence-corrected chi connectivity index (χ2v) is 7.81. The average Bonchev–Trinajstić information content (AvgIpc) is 3.29. The Morgan fingerprint density at radius 1 is 1.16 bits per heavy atom. The lowest BCUT2D eigenvalue weighted by Gasteiger charge is -2.28. The Morgan fingerprint density at radius 3 is 2.56 bits per heavy atom. The number of carbonyl (C=O) groups is 1. The summed E-state index contributed by atoms with van der Waals surface area (Å²) in [4.78, 5) is 25.4. The van der Waals surface area contributed by atoms with E-state index in [1.54, 1.807) is 18.3 Å². The number of hydrogen-bond donors (Lipinski definition) is 2. The number of hydrogen-bond acceptors (Lipinski definition) is 5. The maximum Gasteiger partial charge on any atom is 0.434 e. The fourth-order valence-electron chi connectivity index (χ4n) is 3.86. The fraction of sp³-hybridized carbons (Fsp3) is 0.364. The molecule has 3 aromatic heterocycles. The van der Waals surface area contributed by atoms with Gasteiger partial charge in [0.05, 0.1) is 6.61 Å². The van der Waals surface area contributed by atoms with E-state index in [9.17, 15) is 18.0 Å². The first-order valence-corrected chi connectivity index (χ1v) is 10.2. The van der Waals surface area contributed by atoms with E-state index in [0.29, 0.717) is 23.8 Å². The first kappa shape index (κ1) is 21.8. The minimum absolute atomic E-state index is 0.0510. The summed E-state index contributed by atoms with van der Waals surface area (Å²) in [6, 6.07) is 6.63. The van der Waals surface area contributed by atoms with Crippen molar-refractivity contribution >= 4 is 5.97 Å². The number of aromatic nitrogens is 4. The first-order valence-electron chi connectivity index (χ1n) is 10.2. The van der Waals surface area contributed by atoms with Crippen molar-refractivity contribution in [2.45, 2.75) is 37.8 Å². The zero-order valence-corrected chi connectivity index (χ0v) is 17.0. The van der Waals surface area contributed by atoms with Crippen molar-refractivity contribution in [1.82, 2.24) is 19.9 Å². The molecule has 0 radical (unpaired) electrons. The van der Waals surface area contributed by atoms with E-state index in [2.05, 4.69) is 19.9 Å². The molecule has 2 N–H and O–H groups in total. The number of aromatic carboxylic acids is 1. The van der Waals surface area contributed by atoms with Crippen LogP contribution in [-0.2, 0) is 6.18 Å². The van der Waals surface area contributed by atoms with Crippen molar-refractivity contribution in [3.05, 3.63) is 59.9 Å². The van der Waals surface area contributed by atoms with Gasteiger partial charge in [-0.25, -0.2) is 14.8 Å². The molecule has 1 aliphatic carbocycles. The first-order chi connectivity index (χ1) is 15.3. The van der Waals surface area contributed by atoms with Crippen molar-refractivity contribution in [3.8, 4) is 17.1 Å². The van der Waals surface area contributed by atoms with E-state index in [1.165, 1.54) is 12.3 Å². The summed E-state index contributed by atoms with van der Waals surface area (Å²) in [5.74, 6) is 0.170. The van der Waals surface area contributed by atoms with Gasteiger partial charge in [0.2, 0.25) is 0 Å². The zero-order valence-electron chi connectivity index (χ0n) is 17.0. The normalized spacial score (nSPS) is 19.0. The number of rotatable bonds is 6. The Balaban J connectivity index is 1.30. The summed E-state index contributed by atoms with van der Waals surface area (Å²) in [6.07, 6.45) is 3.06. The van der Waals surface area contributed by atoms with Gasteiger partial charge in [-0.15, -0.1) is 0 Å². The third-order valence-corrected chi connectivity index (χ3v) is 5.63. The number of H-pyrrole nitrogens is 1. The van der Waals surface area contributed by atoms with Crippen LogP contribution in [0.1, 0.15) is 53.5 Å². The van der Waals surface area contributed by atoms with Gasteiger partial charge in [0.1, 0.15) is 11.6 Å². The number of imidazole rings is 1. The Labute approximate surface area is 181 Å². The molecule has 7 nitrogen and oxygen atoms in total. The van der Waals surface area contributed by atoms with E-state index < -0.39 is 17.8 Å². The molecule has 0 aliphatic heterocycles. The van der Waals surface area contributed by atoms with Crippen molar-refractivity contribution < 1.29 is 27.8 Å². The van der Waals surface area contributed by atoms with Gasteiger partial charge in [0, 0.05) is 41.8 Å². The van der Waals surface area contributed by atoms with Gasteiger partial charge in [-0.3, -0.25) is 4.98 Å². The molecule has 0 saturated heterocycles. The maximum absolute atomic E-state index is 12.7. The fourth-order valence-corrected chi connectivity index (χ4v) is 3.86. The number of carboxylic acid groups (broad SMARTS) is 1. The SMILES string of the molecule is O=C(O)c1cc(OC[C@H]2CC[C@H](c3ccc(-c4nc(C(F)(F)F)c[nH]4)cn3)CC2)ccn1. The molecule has 0 bridgehead atoms. The quantitative estimate of drug-likeness (QED) is 0.556. The molecule has 0 spiro atoms. The van der Waals surface area contributed by atoms with Crippen LogP contribution in [-0.4, -0.2) is 37.6 Å². The summed E-state index contributed by atoms with van der Waals surface area (Å²) in [6.45, 7) is 0.502. The van der Waals surface area contributed by atoms with Crippen LogP contribution in [0.25, 0.3) is 11.4 Å². The minimum Gasteiger partial charge on any atom is -0.493 e. The molecule has 0 unspecified atom stereocenters. The predicted octanol–water partition coefficient (Wildman–Crippen LogP) is 4.94. The van der Waals surface area contributed by atoms with Crippen LogP contribution in [0.3, 0.4) is 0 Å². The Bertz CT molecular complexity index is 1070. The lowest BCUT2D eigenvalue weighted by atomic mass is 9.80. The molecule has 32 heavy (non-hydrogen) atoms. The molecule has 4 rings (SSSR count). The van der Waals surface area contributed by atoms with E-state index in [0.717, 1.165) is 37.6 Å².